The van der Waals surface area contributed by atoms with Gasteiger partial charge in [-0.25, -0.2) is 4.79 Å². The summed E-state index contributed by atoms with van der Waals surface area (Å²) in [7, 11) is 1.48. The molecule has 114 valence electrons. The van der Waals surface area contributed by atoms with E-state index in [1.165, 1.54) is 7.05 Å². The van der Waals surface area contributed by atoms with Crippen molar-refractivity contribution in [2.45, 2.75) is 18.9 Å². The molecule has 0 aliphatic carbocycles. The fraction of sp³-hybridized carbons (Fsp3) is 0.467. The third-order valence-electron chi connectivity index (χ3n) is 3.16. The Labute approximate surface area is 123 Å². The highest BCUT2D eigenvalue weighted by molar-refractivity contribution is 5.91. The van der Waals surface area contributed by atoms with Crippen molar-refractivity contribution in [3.8, 4) is 5.75 Å². The summed E-state index contributed by atoms with van der Waals surface area (Å²) in [6, 6.07) is 6.62. The van der Waals surface area contributed by atoms with Crippen molar-refractivity contribution >= 4 is 11.9 Å². The van der Waals surface area contributed by atoms with E-state index < -0.39 is 5.97 Å². The van der Waals surface area contributed by atoms with Crippen LogP contribution in [0.3, 0.4) is 0 Å². The van der Waals surface area contributed by atoms with Gasteiger partial charge in [0.25, 0.3) is 5.91 Å². The summed E-state index contributed by atoms with van der Waals surface area (Å²) < 4.78 is 15.9. The molecule has 1 aliphatic rings. The Morgan fingerprint density at radius 3 is 2.71 bits per heavy atom. The van der Waals surface area contributed by atoms with Crippen molar-refractivity contribution in [2.75, 3.05) is 26.9 Å². The van der Waals surface area contributed by atoms with E-state index >= 15 is 0 Å². The lowest BCUT2D eigenvalue weighted by Gasteiger charge is -2.11. The molecule has 1 amide bonds. The van der Waals surface area contributed by atoms with Gasteiger partial charge in [-0.15, -0.1) is 0 Å². The van der Waals surface area contributed by atoms with Crippen LogP contribution in [0.5, 0.6) is 5.75 Å². The van der Waals surface area contributed by atoms with Gasteiger partial charge in [0.2, 0.25) is 0 Å². The molecule has 0 spiro atoms. The van der Waals surface area contributed by atoms with Gasteiger partial charge >= 0.3 is 5.97 Å². The monoisotopic (exact) mass is 293 g/mol. The Bertz CT molecular complexity index is 479. The number of rotatable bonds is 6. The molecule has 1 saturated heterocycles. The summed E-state index contributed by atoms with van der Waals surface area (Å²) in [5.74, 6) is -0.211. The van der Waals surface area contributed by atoms with E-state index in [0.29, 0.717) is 17.9 Å². The van der Waals surface area contributed by atoms with Gasteiger partial charge in [0.05, 0.1) is 11.7 Å². The second-order valence-electron chi connectivity index (χ2n) is 4.72. The molecule has 0 radical (unpaired) electrons. The molecule has 1 heterocycles. The predicted octanol–water partition coefficient (Wildman–Crippen LogP) is 1.15. The quantitative estimate of drug-likeness (QED) is 0.796. The third-order valence-corrected chi connectivity index (χ3v) is 3.16. The number of benzene rings is 1. The zero-order valence-corrected chi connectivity index (χ0v) is 12.0. The topological polar surface area (TPSA) is 73.9 Å². The number of ether oxygens (including phenoxy) is 3. The lowest BCUT2D eigenvalue weighted by molar-refractivity contribution is -0.123. The molecule has 1 atom stereocenters. The SMILES string of the molecule is CNC(=O)COC(=O)c1ccc(OC[C@@H]2CCCO2)cc1. The first-order valence-corrected chi connectivity index (χ1v) is 6.91. The van der Waals surface area contributed by atoms with Gasteiger partial charge in [-0.1, -0.05) is 0 Å². The Kier molecular flexibility index (Phi) is 5.57. The fourth-order valence-corrected chi connectivity index (χ4v) is 1.94. The highest BCUT2D eigenvalue weighted by atomic mass is 16.5. The lowest BCUT2D eigenvalue weighted by Crippen LogP contribution is -2.25. The van der Waals surface area contributed by atoms with Crippen LogP contribution in [-0.4, -0.2) is 44.8 Å². The van der Waals surface area contributed by atoms with Gasteiger partial charge in [-0.2, -0.15) is 0 Å². The molecule has 1 aromatic rings. The van der Waals surface area contributed by atoms with E-state index in [1.54, 1.807) is 24.3 Å². The molecular weight excluding hydrogens is 274 g/mol. The second kappa shape index (κ2) is 7.64. The standard InChI is InChI=1S/C15H19NO5/c1-16-14(17)10-21-15(18)11-4-6-12(7-5-11)20-9-13-3-2-8-19-13/h4-7,13H,2-3,8-10H2,1H3,(H,16,17)/t13-/m0/s1. The molecule has 0 unspecified atom stereocenters. The van der Waals surface area contributed by atoms with Crippen LogP contribution in [0, 0.1) is 0 Å². The summed E-state index contributed by atoms with van der Waals surface area (Å²) in [4.78, 5) is 22.7. The molecule has 0 saturated carbocycles. The highest BCUT2D eigenvalue weighted by Gasteiger charge is 2.16. The van der Waals surface area contributed by atoms with E-state index in [9.17, 15) is 9.59 Å². The van der Waals surface area contributed by atoms with Crippen molar-refractivity contribution in [1.82, 2.24) is 5.32 Å². The molecule has 1 aromatic carbocycles. The zero-order valence-electron chi connectivity index (χ0n) is 12.0. The van der Waals surface area contributed by atoms with Crippen LogP contribution in [0.15, 0.2) is 24.3 Å². The van der Waals surface area contributed by atoms with Crippen LogP contribution < -0.4 is 10.1 Å². The van der Waals surface area contributed by atoms with Gasteiger partial charge in [0, 0.05) is 13.7 Å². The molecule has 21 heavy (non-hydrogen) atoms. The largest absolute Gasteiger partial charge is 0.491 e. The van der Waals surface area contributed by atoms with E-state index in [1.807, 2.05) is 0 Å². The maximum atomic E-state index is 11.7. The van der Waals surface area contributed by atoms with Crippen LogP contribution >= 0.6 is 0 Å². The van der Waals surface area contributed by atoms with Crippen LogP contribution in [0.2, 0.25) is 0 Å². The summed E-state index contributed by atoms with van der Waals surface area (Å²) in [6.45, 7) is 1.03. The number of amides is 1. The predicted molar refractivity (Wildman–Crippen MR) is 75.3 cm³/mol. The van der Waals surface area contributed by atoms with Crippen molar-refractivity contribution in [2.24, 2.45) is 0 Å². The molecule has 6 heteroatoms. The molecule has 0 bridgehead atoms. The highest BCUT2D eigenvalue weighted by Crippen LogP contribution is 2.16. The lowest BCUT2D eigenvalue weighted by atomic mass is 10.2. The second-order valence-corrected chi connectivity index (χ2v) is 4.72. The van der Waals surface area contributed by atoms with Gasteiger partial charge in [0.15, 0.2) is 6.61 Å². The Hall–Kier alpha value is -2.08. The summed E-state index contributed by atoms with van der Waals surface area (Å²) in [5, 5.41) is 2.38. The molecular formula is C15H19NO5. The third kappa shape index (κ3) is 4.75. The van der Waals surface area contributed by atoms with Crippen molar-refractivity contribution in [1.29, 1.82) is 0 Å². The fourth-order valence-electron chi connectivity index (χ4n) is 1.94. The molecule has 6 nitrogen and oxygen atoms in total. The van der Waals surface area contributed by atoms with Gasteiger partial charge < -0.3 is 19.5 Å². The minimum absolute atomic E-state index is 0.155. The zero-order chi connectivity index (χ0) is 15.1. The average molecular weight is 293 g/mol. The number of hydrogen-bond donors (Lipinski definition) is 1. The van der Waals surface area contributed by atoms with Crippen molar-refractivity contribution < 1.29 is 23.8 Å². The van der Waals surface area contributed by atoms with Gasteiger partial charge in [-0.3, -0.25) is 4.79 Å². The molecule has 1 fully saturated rings. The Morgan fingerprint density at radius 2 is 2.10 bits per heavy atom. The van der Waals surface area contributed by atoms with E-state index in [-0.39, 0.29) is 18.6 Å². The summed E-state index contributed by atoms with van der Waals surface area (Å²) >= 11 is 0. The average Bonchev–Trinajstić information content (AvgIpc) is 3.04. The number of carbonyl (C=O) groups is 2. The smallest absolute Gasteiger partial charge is 0.338 e. The molecule has 1 aliphatic heterocycles. The molecule has 1 N–H and O–H groups in total. The van der Waals surface area contributed by atoms with Gasteiger partial charge in [-0.05, 0) is 37.1 Å². The van der Waals surface area contributed by atoms with Crippen LogP contribution in [-0.2, 0) is 14.3 Å². The Morgan fingerprint density at radius 1 is 1.33 bits per heavy atom. The van der Waals surface area contributed by atoms with Gasteiger partial charge in [0.1, 0.15) is 12.4 Å². The summed E-state index contributed by atoms with van der Waals surface area (Å²) in [5.41, 5.74) is 0.378. The number of nitrogens with one attached hydrogen (secondary N) is 1. The number of esters is 1. The van der Waals surface area contributed by atoms with Crippen molar-refractivity contribution in [3.63, 3.8) is 0 Å². The first kappa shape index (κ1) is 15.3. The number of carbonyl (C=O) groups excluding carboxylic acids is 2. The first-order chi connectivity index (χ1) is 10.2. The van der Waals surface area contributed by atoms with Crippen LogP contribution in [0.4, 0.5) is 0 Å². The normalized spacial score (nSPS) is 17.3. The van der Waals surface area contributed by atoms with E-state index in [4.69, 9.17) is 14.2 Å². The minimum atomic E-state index is -0.538. The summed E-state index contributed by atoms with van der Waals surface area (Å²) in [6.07, 6.45) is 2.25. The Balaban J connectivity index is 1.80. The maximum Gasteiger partial charge on any atom is 0.338 e. The number of hydrogen-bond acceptors (Lipinski definition) is 5. The first-order valence-electron chi connectivity index (χ1n) is 6.91. The number of likely N-dealkylation sites (N-methyl/N-ethyl adjacent to an activating group) is 1. The minimum Gasteiger partial charge on any atom is -0.491 e. The van der Waals surface area contributed by atoms with E-state index in [0.717, 1.165) is 19.4 Å². The van der Waals surface area contributed by atoms with E-state index in [2.05, 4.69) is 5.32 Å². The van der Waals surface area contributed by atoms with Crippen LogP contribution in [0.25, 0.3) is 0 Å². The maximum absolute atomic E-state index is 11.7. The molecule has 0 aromatic heterocycles. The van der Waals surface area contributed by atoms with Crippen molar-refractivity contribution in [3.05, 3.63) is 29.8 Å². The van der Waals surface area contributed by atoms with Crippen LogP contribution in [0.1, 0.15) is 23.2 Å². The molecule has 2 rings (SSSR count).